The molecule has 2 amide bonds. The second kappa shape index (κ2) is 10.1. The van der Waals surface area contributed by atoms with Gasteiger partial charge in [-0.3, -0.25) is 9.59 Å². The number of anilines is 1. The van der Waals surface area contributed by atoms with E-state index in [9.17, 15) is 18.0 Å². The third-order valence-corrected chi connectivity index (χ3v) is 8.80. The fourth-order valence-electron chi connectivity index (χ4n) is 4.06. The van der Waals surface area contributed by atoms with E-state index in [1.807, 2.05) is 13.8 Å². The second-order valence-corrected chi connectivity index (χ2v) is 11.3. The molecule has 1 unspecified atom stereocenters. The lowest BCUT2D eigenvalue weighted by molar-refractivity contribution is 0.1000. The predicted octanol–water partition coefficient (Wildman–Crippen LogP) is 4.03. The van der Waals surface area contributed by atoms with Gasteiger partial charge in [-0.2, -0.15) is 4.31 Å². The standard InChI is InChI=1S/C23H31N3O4S2/c1-4-12-26(13-5-2)32(29,30)17-9-7-16(8-10-17)22(28)25-23-20(21(24)27)18-14-15(3)6-11-19(18)31-23/h7-10,15H,4-6,11-14H2,1-3H3,(H2,24,27)(H,25,28). The van der Waals surface area contributed by atoms with E-state index in [4.69, 9.17) is 5.73 Å². The summed E-state index contributed by atoms with van der Waals surface area (Å²) in [5.41, 5.74) is 7.30. The molecule has 0 spiro atoms. The molecule has 1 aromatic carbocycles. The SMILES string of the molecule is CCCN(CCC)S(=O)(=O)c1ccc(C(=O)Nc2sc3c(c2C(N)=O)CC(C)CC3)cc1. The van der Waals surface area contributed by atoms with Crippen LogP contribution < -0.4 is 11.1 Å². The number of fused-ring (bicyclic) bond motifs is 1. The van der Waals surface area contributed by atoms with Crippen molar-refractivity contribution in [2.75, 3.05) is 18.4 Å². The number of aryl methyl sites for hydroxylation is 1. The summed E-state index contributed by atoms with van der Waals surface area (Å²) in [4.78, 5) is 26.2. The van der Waals surface area contributed by atoms with E-state index in [1.54, 1.807) is 0 Å². The van der Waals surface area contributed by atoms with Crippen LogP contribution in [-0.4, -0.2) is 37.6 Å². The van der Waals surface area contributed by atoms with Gasteiger partial charge in [-0.05, 0) is 67.9 Å². The predicted molar refractivity (Wildman–Crippen MR) is 128 cm³/mol. The summed E-state index contributed by atoms with van der Waals surface area (Å²) in [6, 6.07) is 5.91. The molecular formula is C23H31N3O4S2. The number of hydrogen-bond acceptors (Lipinski definition) is 5. The van der Waals surface area contributed by atoms with Gasteiger partial charge in [0.2, 0.25) is 10.0 Å². The van der Waals surface area contributed by atoms with Gasteiger partial charge in [0.15, 0.2) is 0 Å². The maximum absolute atomic E-state index is 12.9. The third kappa shape index (κ3) is 5.05. The first-order valence-electron chi connectivity index (χ1n) is 11.0. The van der Waals surface area contributed by atoms with E-state index in [2.05, 4.69) is 12.2 Å². The van der Waals surface area contributed by atoms with Crippen LogP contribution in [0, 0.1) is 5.92 Å². The molecular weight excluding hydrogens is 446 g/mol. The van der Waals surface area contributed by atoms with Crippen molar-refractivity contribution in [3.05, 3.63) is 45.8 Å². The Morgan fingerprint density at radius 2 is 1.78 bits per heavy atom. The Hall–Kier alpha value is -2.23. The monoisotopic (exact) mass is 477 g/mol. The smallest absolute Gasteiger partial charge is 0.256 e. The molecule has 174 valence electrons. The number of primary amides is 1. The normalized spacial score (nSPS) is 16.1. The Morgan fingerprint density at radius 3 is 2.34 bits per heavy atom. The first kappa shape index (κ1) is 24.4. The number of hydrogen-bond donors (Lipinski definition) is 2. The minimum absolute atomic E-state index is 0.161. The molecule has 9 heteroatoms. The van der Waals surface area contributed by atoms with Crippen LogP contribution in [0.25, 0.3) is 0 Å². The zero-order valence-corrected chi connectivity index (χ0v) is 20.4. The summed E-state index contributed by atoms with van der Waals surface area (Å²) < 4.78 is 27.3. The average Bonchev–Trinajstić information content (AvgIpc) is 3.10. The van der Waals surface area contributed by atoms with Crippen molar-refractivity contribution in [1.29, 1.82) is 0 Å². The van der Waals surface area contributed by atoms with E-state index in [0.29, 0.717) is 35.1 Å². The fourth-order valence-corrected chi connectivity index (χ4v) is 6.93. The molecule has 1 aromatic heterocycles. The maximum atomic E-state index is 12.9. The fraction of sp³-hybridized carbons (Fsp3) is 0.478. The Morgan fingerprint density at radius 1 is 1.16 bits per heavy atom. The number of carbonyl (C=O) groups is 2. The van der Waals surface area contributed by atoms with Gasteiger partial charge < -0.3 is 11.1 Å². The number of sulfonamides is 1. The van der Waals surface area contributed by atoms with Crippen molar-refractivity contribution < 1.29 is 18.0 Å². The van der Waals surface area contributed by atoms with E-state index in [0.717, 1.165) is 42.5 Å². The van der Waals surface area contributed by atoms with Crippen LogP contribution in [0.2, 0.25) is 0 Å². The van der Waals surface area contributed by atoms with Crippen molar-refractivity contribution >= 4 is 38.2 Å². The molecule has 3 rings (SSSR count). The van der Waals surface area contributed by atoms with E-state index >= 15 is 0 Å². The first-order chi connectivity index (χ1) is 15.2. The minimum atomic E-state index is -3.61. The number of benzene rings is 1. The number of carbonyl (C=O) groups excluding carboxylic acids is 2. The van der Waals surface area contributed by atoms with Crippen molar-refractivity contribution in [3.63, 3.8) is 0 Å². The molecule has 1 heterocycles. The highest BCUT2D eigenvalue weighted by Gasteiger charge is 2.28. The van der Waals surface area contributed by atoms with Crippen LogP contribution in [0.5, 0.6) is 0 Å². The van der Waals surface area contributed by atoms with Gasteiger partial charge in [-0.15, -0.1) is 11.3 Å². The zero-order chi connectivity index (χ0) is 23.5. The molecule has 0 saturated heterocycles. The summed E-state index contributed by atoms with van der Waals surface area (Å²) in [5.74, 6) is -0.476. The highest BCUT2D eigenvalue weighted by molar-refractivity contribution is 7.89. The van der Waals surface area contributed by atoms with Crippen LogP contribution in [0.3, 0.4) is 0 Å². The van der Waals surface area contributed by atoms with Crippen molar-refractivity contribution in [1.82, 2.24) is 4.31 Å². The van der Waals surface area contributed by atoms with Gasteiger partial charge in [-0.1, -0.05) is 20.8 Å². The number of nitrogens with one attached hydrogen (secondary N) is 1. The highest BCUT2D eigenvalue weighted by atomic mass is 32.2. The Bertz CT molecular complexity index is 1090. The lowest BCUT2D eigenvalue weighted by Crippen LogP contribution is -2.32. The molecule has 2 aromatic rings. The third-order valence-electron chi connectivity index (χ3n) is 5.68. The topological polar surface area (TPSA) is 110 Å². The molecule has 1 aliphatic carbocycles. The highest BCUT2D eigenvalue weighted by Crippen LogP contribution is 2.39. The van der Waals surface area contributed by atoms with E-state index in [-0.39, 0.29) is 4.90 Å². The van der Waals surface area contributed by atoms with Gasteiger partial charge in [-0.25, -0.2) is 8.42 Å². The molecule has 0 bridgehead atoms. The molecule has 0 aliphatic heterocycles. The molecule has 0 fully saturated rings. The van der Waals surface area contributed by atoms with Gasteiger partial charge in [0, 0.05) is 23.5 Å². The summed E-state index contributed by atoms with van der Waals surface area (Å²) in [7, 11) is -3.61. The second-order valence-electron chi connectivity index (χ2n) is 8.30. The van der Waals surface area contributed by atoms with Gasteiger partial charge >= 0.3 is 0 Å². The Labute approximate surface area is 194 Å². The van der Waals surface area contributed by atoms with Crippen LogP contribution in [0.4, 0.5) is 5.00 Å². The number of thiophene rings is 1. The van der Waals surface area contributed by atoms with Gasteiger partial charge in [0.1, 0.15) is 5.00 Å². The zero-order valence-electron chi connectivity index (χ0n) is 18.8. The minimum Gasteiger partial charge on any atom is -0.365 e. The van der Waals surface area contributed by atoms with Crippen LogP contribution in [-0.2, 0) is 22.9 Å². The molecule has 0 saturated carbocycles. The molecule has 0 radical (unpaired) electrons. The van der Waals surface area contributed by atoms with Crippen molar-refractivity contribution in [3.8, 4) is 0 Å². The number of amides is 2. The van der Waals surface area contributed by atoms with Crippen LogP contribution in [0.1, 0.15) is 71.2 Å². The summed E-state index contributed by atoms with van der Waals surface area (Å²) in [6.45, 7) is 6.93. The maximum Gasteiger partial charge on any atom is 0.256 e. The quantitative estimate of drug-likeness (QED) is 0.568. The lowest BCUT2D eigenvalue weighted by atomic mass is 9.87. The molecule has 7 nitrogen and oxygen atoms in total. The lowest BCUT2D eigenvalue weighted by Gasteiger charge is -2.21. The van der Waals surface area contributed by atoms with Crippen molar-refractivity contribution in [2.45, 2.75) is 57.8 Å². The first-order valence-corrected chi connectivity index (χ1v) is 13.3. The van der Waals surface area contributed by atoms with Crippen LogP contribution >= 0.6 is 11.3 Å². The van der Waals surface area contributed by atoms with E-state index < -0.39 is 21.8 Å². The largest absolute Gasteiger partial charge is 0.365 e. The molecule has 1 atom stereocenters. The van der Waals surface area contributed by atoms with Crippen molar-refractivity contribution in [2.24, 2.45) is 11.7 Å². The average molecular weight is 478 g/mol. The van der Waals surface area contributed by atoms with Crippen LogP contribution in [0.15, 0.2) is 29.2 Å². The molecule has 32 heavy (non-hydrogen) atoms. The summed E-state index contributed by atoms with van der Waals surface area (Å²) >= 11 is 1.40. The number of nitrogens with zero attached hydrogens (tertiary/aromatic N) is 1. The Balaban J connectivity index is 1.82. The molecule has 1 aliphatic rings. The number of nitrogens with two attached hydrogens (primary N) is 1. The Kier molecular flexibility index (Phi) is 7.74. The van der Waals surface area contributed by atoms with Gasteiger partial charge in [0.25, 0.3) is 11.8 Å². The summed E-state index contributed by atoms with van der Waals surface area (Å²) in [6.07, 6.45) is 4.15. The number of rotatable bonds is 9. The molecule has 3 N–H and O–H groups in total. The van der Waals surface area contributed by atoms with E-state index in [1.165, 1.54) is 39.9 Å². The van der Waals surface area contributed by atoms with Gasteiger partial charge in [0.05, 0.1) is 10.5 Å². The summed E-state index contributed by atoms with van der Waals surface area (Å²) in [5, 5.41) is 3.29.